The smallest absolute Gasteiger partial charge is 0.261 e. The Labute approximate surface area is 186 Å². The zero-order valence-corrected chi connectivity index (χ0v) is 19.4. The Bertz CT molecular complexity index is 834. The molecule has 0 aliphatic heterocycles. The Balaban J connectivity index is 2.20. The van der Waals surface area contributed by atoms with E-state index in [1.165, 1.54) is 0 Å². The van der Waals surface area contributed by atoms with Crippen molar-refractivity contribution < 1.29 is 14.3 Å². The fourth-order valence-electron chi connectivity index (χ4n) is 3.43. The zero-order valence-electron chi connectivity index (χ0n) is 19.4. The van der Waals surface area contributed by atoms with E-state index >= 15 is 0 Å². The van der Waals surface area contributed by atoms with E-state index in [1.54, 1.807) is 4.90 Å². The molecule has 0 saturated carbocycles. The van der Waals surface area contributed by atoms with Crippen molar-refractivity contribution >= 4 is 11.8 Å². The summed E-state index contributed by atoms with van der Waals surface area (Å²) in [4.78, 5) is 27.8. The van der Waals surface area contributed by atoms with Crippen molar-refractivity contribution in [1.82, 2.24) is 10.2 Å². The van der Waals surface area contributed by atoms with Crippen molar-refractivity contribution in [1.29, 1.82) is 0 Å². The van der Waals surface area contributed by atoms with Gasteiger partial charge in [-0.15, -0.1) is 0 Å². The van der Waals surface area contributed by atoms with Gasteiger partial charge in [-0.05, 0) is 35.4 Å². The monoisotopic (exact) mass is 424 g/mol. The SMILES string of the molecule is CC[C@H](C(=O)NCC(C)C)N(Cc1ccccc1)C(=O)COc1ccccc1C(C)C. The average molecular weight is 425 g/mol. The molecule has 0 aliphatic rings. The molecular weight excluding hydrogens is 388 g/mol. The van der Waals surface area contributed by atoms with Gasteiger partial charge >= 0.3 is 0 Å². The van der Waals surface area contributed by atoms with Crippen LogP contribution in [-0.4, -0.2) is 35.9 Å². The van der Waals surface area contributed by atoms with E-state index in [0.29, 0.717) is 31.2 Å². The summed E-state index contributed by atoms with van der Waals surface area (Å²) in [5.74, 6) is 1.02. The second-order valence-electron chi connectivity index (χ2n) is 8.55. The molecule has 1 atom stereocenters. The van der Waals surface area contributed by atoms with Crippen LogP contribution in [-0.2, 0) is 16.1 Å². The van der Waals surface area contributed by atoms with Crippen LogP contribution in [0.2, 0.25) is 0 Å². The van der Waals surface area contributed by atoms with Crippen LogP contribution < -0.4 is 10.1 Å². The number of ether oxygens (including phenoxy) is 1. The third-order valence-electron chi connectivity index (χ3n) is 5.16. The van der Waals surface area contributed by atoms with E-state index in [0.717, 1.165) is 11.1 Å². The summed E-state index contributed by atoms with van der Waals surface area (Å²) in [6.07, 6.45) is 0.533. The number of amides is 2. The number of carbonyl (C=O) groups excluding carboxylic acids is 2. The number of hydrogen-bond donors (Lipinski definition) is 1. The lowest BCUT2D eigenvalue weighted by molar-refractivity contribution is -0.143. The molecule has 0 aromatic heterocycles. The number of benzene rings is 2. The van der Waals surface area contributed by atoms with Gasteiger partial charge < -0.3 is 15.0 Å². The Morgan fingerprint density at radius 2 is 1.61 bits per heavy atom. The van der Waals surface area contributed by atoms with E-state index in [9.17, 15) is 9.59 Å². The Morgan fingerprint density at radius 1 is 0.968 bits per heavy atom. The van der Waals surface area contributed by atoms with Gasteiger partial charge in [0.2, 0.25) is 5.91 Å². The molecule has 5 heteroatoms. The molecule has 168 valence electrons. The van der Waals surface area contributed by atoms with Crippen molar-refractivity contribution in [3.8, 4) is 5.75 Å². The van der Waals surface area contributed by atoms with Gasteiger partial charge in [0.05, 0.1) is 0 Å². The van der Waals surface area contributed by atoms with Gasteiger partial charge in [0.1, 0.15) is 11.8 Å². The molecule has 2 aromatic rings. The van der Waals surface area contributed by atoms with Crippen molar-refractivity contribution in [3.05, 3.63) is 65.7 Å². The lowest BCUT2D eigenvalue weighted by Crippen LogP contribution is -2.50. The highest BCUT2D eigenvalue weighted by Crippen LogP contribution is 2.26. The fraction of sp³-hybridized carbons (Fsp3) is 0.462. The first-order chi connectivity index (χ1) is 14.8. The Kier molecular flexibility index (Phi) is 9.57. The fourth-order valence-corrected chi connectivity index (χ4v) is 3.43. The molecule has 0 saturated heterocycles. The van der Waals surface area contributed by atoms with Gasteiger partial charge in [-0.2, -0.15) is 0 Å². The van der Waals surface area contributed by atoms with E-state index in [1.807, 2.05) is 75.4 Å². The lowest BCUT2D eigenvalue weighted by Gasteiger charge is -2.31. The molecular formula is C26H36N2O3. The first-order valence-corrected chi connectivity index (χ1v) is 11.2. The maximum absolute atomic E-state index is 13.3. The maximum atomic E-state index is 13.3. The molecule has 0 unspecified atom stereocenters. The summed E-state index contributed by atoms with van der Waals surface area (Å²) in [6.45, 7) is 11.1. The second kappa shape index (κ2) is 12.1. The Morgan fingerprint density at radius 3 is 2.23 bits per heavy atom. The quantitative estimate of drug-likeness (QED) is 0.565. The minimum atomic E-state index is -0.546. The summed E-state index contributed by atoms with van der Waals surface area (Å²) in [6, 6.07) is 17.0. The third kappa shape index (κ3) is 7.42. The van der Waals surface area contributed by atoms with Crippen LogP contribution in [0.25, 0.3) is 0 Å². The zero-order chi connectivity index (χ0) is 22.8. The number of para-hydroxylation sites is 1. The van der Waals surface area contributed by atoms with Gasteiger partial charge in [0.15, 0.2) is 6.61 Å². The van der Waals surface area contributed by atoms with Crippen LogP contribution >= 0.6 is 0 Å². The summed E-state index contributed by atoms with van der Waals surface area (Å²) < 4.78 is 5.93. The maximum Gasteiger partial charge on any atom is 0.261 e. The Hall–Kier alpha value is -2.82. The number of nitrogens with zero attached hydrogens (tertiary/aromatic N) is 1. The molecule has 0 aliphatic carbocycles. The van der Waals surface area contributed by atoms with Crippen molar-refractivity contribution in [2.45, 2.75) is 59.5 Å². The molecule has 2 rings (SSSR count). The van der Waals surface area contributed by atoms with E-state index < -0.39 is 6.04 Å². The number of hydrogen-bond acceptors (Lipinski definition) is 3. The van der Waals surface area contributed by atoms with Crippen molar-refractivity contribution in [3.63, 3.8) is 0 Å². The number of nitrogens with one attached hydrogen (secondary N) is 1. The van der Waals surface area contributed by atoms with Gasteiger partial charge in [-0.25, -0.2) is 0 Å². The van der Waals surface area contributed by atoms with Crippen LogP contribution in [0.1, 0.15) is 58.1 Å². The summed E-state index contributed by atoms with van der Waals surface area (Å²) in [7, 11) is 0. The highest BCUT2D eigenvalue weighted by molar-refractivity contribution is 5.88. The molecule has 1 N–H and O–H groups in total. The molecule has 0 radical (unpaired) electrons. The second-order valence-corrected chi connectivity index (χ2v) is 8.55. The molecule has 31 heavy (non-hydrogen) atoms. The number of rotatable bonds is 11. The van der Waals surface area contributed by atoms with E-state index in [-0.39, 0.29) is 24.3 Å². The first-order valence-electron chi connectivity index (χ1n) is 11.2. The molecule has 0 spiro atoms. The largest absolute Gasteiger partial charge is 0.483 e. The summed E-state index contributed by atoms with van der Waals surface area (Å²) in [5, 5.41) is 2.98. The molecule has 0 heterocycles. The van der Waals surface area contributed by atoms with Crippen molar-refractivity contribution in [2.24, 2.45) is 5.92 Å². The first kappa shape index (κ1) is 24.4. The summed E-state index contributed by atoms with van der Waals surface area (Å²) in [5.41, 5.74) is 2.04. The highest BCUT2D eigenvalue weighted by atomic mass is 16.5. The standard InChI is InChI=1S/C26H36N2O3/c1-6-23(26(30)27-16-19(2)3)28(17-21-12-8-7-9-13-21)25(29)18-31-24-15-11-10-14-22(24)20(4)5/h7-15,19-20,23H,6,16-18H2,1-5H3,(H,27,30)/t23-/m1/s1. The van der Waals surface area contributed by atoms with Gasteiger partial charge in [-0.1, -0.05) is 83.1 Å². The van der Waals surface area contributed by atoms with Crippen LogP contribution in [0.3, 0.4) is 0 Å². The van der Waals surface area contributed by atoms with E-state index in [4.69, 9.17) is 4.74 Å². The average Bonchev–Trinajstić information content (AvgIpc) is 2.76. The van der Waals surface area contributed by atoms with Gasteiger partial charge in [0, 0.05) is 13.1 Å². The predicted molar refractivity (Wildman–Crippen MR) is 125 cm³/mol. The lowest BCUT2D eigenvalue weighted by atomic mass is 10.0. The normalized spacial score (nSPS) is 12.0. The van der Waals surface area contributed by atoms with Crippen LogP contribution in [0.5, 0.6) is 5.75 Å². The molecule has 2 amide bonds. The topological polar surface area (TPSA) is 58.6 Å². The molecule has 2 aromatic carbocycles. The minimum Gasteiger partial charge on any atom is -0.483 e. The predicted octanol–water partition coefficient (Wildman–Crippen LogP) is 4.77. The highest BCUT2D eigenvalue weighted by Gasteiger charge is 2.29. The van der Waals surface area contributed by atoms with Crippen LogP contribution in [0.15, 0.2) is 54.6 Å². The number of carbonyl (C=O) groups is 2. The minimum absolute atomic E-state index is 0.107. The third-order valence-corrected chi connectivity index (χ3v) is 5.16. The molecule has 5 nitrogen and oxygen atoms in total. The van der Waals surface area contributed by atoms with Crippen LogP contribution in [0, 0.1) is 5.92 Å². The van der Waals surface area contributed by atoms with E-state index in [2.05, 4.69) is 19.2 Å². The molecule has 0 bridgehead atoms. The van der Waals surface area contributed by atoms with Crippen LogP contribution in [0.4, 0.5) is 0 Å². The van der Waals surface area contributed by atoms with Gasteiger partial charge in [-0.3, -0.25) is 9.59 Å². The van der Waals surface area contributed by atoms with Gasteiger partial charge in [0.25, 0.3) is 5.91 Å². The van der Waals surface area contributed by atoms with Crippen molar-refractivity contribution in [2.75, 3.05) is 13.2 Å². The summed E-state index contributed by atoms with van der Waals surface area (Å²) >= 11 is 0. The molecule has 0 fully saturated rings.